The van der Waals surface area contributed by atoms with Crippen molar-refractivity contribution in [1.82, 2.24) is 0 Å². The quantitative estimate of drug-likeness (QED) is 0.540. The number of hydrogen-bond acceptors (Lipinski definition) is 0. The van der Waals surface area contributed by atoms with Crippen molar-refractivity contribution in [3.8, 4) is 0 Å². The van der Waals surface area contributed by atoms with Gasteiger partial charge >= 0.3 is 0 Å². The van der Waals surface area contributed by atoms with E-state index in [-0.39, 0.29) is 7.92 Å². The summed E-state index contributed by atoms with van der Waals surface area (Å²) in [4.78, 5) is 0. The van der Waals surface area contributed by atoms with Gasteiger partial charge < -0.3 is 0 Å². The van der Waals surface area contributed by atoms with Gasteiger partial charge in [0.15, 0.2) is 0 Å². The maximum atomic E-state index is 2.52. The first-order valence-corrected chi connectivity index (χ1v) is 6.56. The summed E-state index contributed by atoms with van der Waals surface area (Å²) in [5.41, 5.74) is 1.49. The molecule has 1 fully saturated rings. The van der Waals surface area contributed by atoms with Crippen molar-refractivity contribution in [2.45, 2.75) is 58.8 Å². The van der Waals surface area contributed by atoms with Crippen LogP contribution in [0.4, 0.5) is 0 Å². The Kier molecular flexibility index (Phi) is 2.67. The summed E-state index contributed by atoms with van der Waals surface area (Å²) in [5.74, 6) is 3.37. The Labute approximate surface area is 84.6 Å². The summed E-state index contributed by atoms with van der Waals surface area (Å²) in [7, 11) is 0.0748. The zero-order valence-corrected chi connectivity index (χ0v) is 11.0. The molecule has 0 amide bonds. The zero-order valence-electron chi connectivity index (χ0n) is 10.1. The van der Waals surface area contributed by atoms with Gasteiger partial charge in [-0.05, 0) is 30.1 Å². The maximum Gasteiger partial charge on any atom is -0.00775 e. The molecule has 0 aromatic heterocycles. The molecular weight excluding hydrogens is 175 g/mol. The first-order chi connectivity index (χ1) is 5.70. The molecule has 1 rings (SSSR count). The SMILES string of the molecule is CC(C)=CP1C(C)(C)C(C)C1(C)C. The van der Waals surface area contributed by atoms with Crippen LogP contribution in [0.2, 0.25) is 0 Å². The highest BCUT2D eigenvalue weighted by atomic mass is 31.1. The number of rotatable bonds is 1. The topological polar surface area (TPSA) is 0 Å². The van der Waals surface area contributed by atoms with Crippen molar-refractivity contribution >= 4 is 7.92 Å². The molecule has 0 nitrogen and oxygen atoms in total. The van der Waals surface area contributed by atoms with Gasteiger partial charge in [-0.2, -0.15) is 0 Å². The van der Waals surface area contributed by atoms with Crippen molar-refractivity contribution < 1.29 is 0 Å². The van der Waals surface area contributed by atoms with Crippen LogP contribution in [0, 0.1) is 5.92 Å². The van der Waals surface area contributed by atoms with Crippen LogP contribution in [0.3, 0.4) is 0 Å². The van der Waals surface area contributed by atoms with Gasteiger partial charge in [0, 0.05) is 0 Å². The minimum absolute atomic E-state index is 0.0748. The first-order valence-electron chi connectivity index (χ1n) is 5.15. The predicted molar refractivity (Wildman–Crippen MR) is 63.7 cm³/mol. The Morgan fingerprint density at radius 3 is 1.77 bits per heavy atom. The minimum atomic E-state index is 0.0748. The molecule has 0 bridgehead atoms. The lowest BCUT2D eigenvalue weighted by Gasteiger charge is -2.63. The van der Waals surface area contributed by atoms with E-state index in [1.165, 1.54) is 5.57 Å². The first kappa shape index (κ1) is 11.2. The van der Waals surface area contributed by atoms with E-state index in [9.17, 15) is 0 Å². The largest absolute Gasteiger partial charge is 0.0759 e. The van der Waals surface area contributed by atoms with E-state index in [0.29, 0.717) is 10.3 Å². The highest BCUT2D eigenvalue weighted by Gasteiger charge is 2.57. The molecule has 76 valence electrons. The molecule has 0 unspecified atom stereocenters. The molecule has 1 aliphatic heterocycles. The second-order valence-corrected chi connectivity index (χ2v) is 8.91. The summed E-state index contributed by atoms with van der Waals surface area (Å²) >= 11 is 0. The molecule has 0 aromatic rings. The Bertz CT molecular complexity index is 216. The van der Waals surface area contributed by atoms with Crippen LogP contribution in [0.5, 0.6) is 0 Å². The molecule has 1 heteroatoms. The fourth-order valence-electron chi connectivity index (χ4n) is 2.55. The Hall–Kier alpha value is 0.170. The summed E-state index contributed by atoms with van der Waals surface area (Å²) in [5, 5.41) is 1.10. The van der Waals surface area contributed by atoms with Gasteiger partial charge in [-0.15, -0.1) is 0 Å². The van der Waals surface area contributed by atoms with E-state index in [0.717, 1.165) is 5.92 Å². The minimum Gasteiger partial charge on any atom is -0.0759 e. The third kappa shape index (κ3) is 1.59. The smallest absolute Gasteiger partial charge is 0.00775 e. The second-order valence-electron chi connectivity index (χ2n) is 5.61. The van der Waals surface area contributed by atoms with Gasteiger partial charge in [-0.1, -0.05) is 53.9 Å². The lowest BCUT2D eigenvalue weighted by Crippen LogP contribution is -2.54. The van der Waals surface area contributed by atoms with Crippen molar-refractivity contribution in [2.75, 3.05) is 0 Å². The maximum absolute atomic E-state index is 2.52. The third-order valence-electron chi connectivity index (χ3n) is 3.75. The van der Waals surface area contributed by atoms with E-state index in [4.69, 9.17) is 0 Å². The fourth-order valence-corrected chi connectivity index (χ4v) is 6.49. The lowest BCUT2D eigenvalue weighted by atomic mass is 9.83. The molecule has 1 heterocycles. The van der Waals surface area contributed by atoms with E-state index in [1.807, 2.05) is 0 Å². The average molecular weight is 198 g/mol. The molecular formula is C12H23P. The van der Waals surface area contributed by atoms with Gasteiger partial charge in [0.1, 0.15) is 0 Å². The van der Waals surface area contributed by atoms with E-state index < -0.39 is 0 Å². The van der Waals surface area contributed by atoms with Crippen molar-refractivity contribution in [1.29, 1.82) is 0 Å². The molecule has 1 saturated heterocycles. The van der Waals surface area contributed by atoms with Crippen LogP contribution in [0.15, 0.2) is 11.4 Å². The monoisotopic (exact) mass is 198 g/mol. The summed E-state index contributed by atoms with van der Waals surface area (Å²) in [6.07, 6.45) is 0. The number of allylic oxidation sites excluding steroid dienone is 1. The molecule has 0 saturated carbocycles. The Balaban J connectivity index is 2.92. The van der Waals surface area contributed by atoms with Crippen LogP contribution in [-0.4, -0.2) is 10.3 Å². The van der Waals surface area contributed by atoms with Gasteiger partial charge in [-0.25, -0.2) is 0 Å². The van der Waals surface area contributed by atoms with E-state index in [1.54, 1.807) is 0 Å². The normalized spacial score (nSPS) is 35.0. The summed E-state index contributed by atoms with van der Waals surface area (Å²) < 4.78 is 0. The van der Waals surface area contributed by atoms with E-state index >= 15 is 0 Å². The molecule has 0 spiro atoms. The molecule has 1 aliphatic rings. The molecule has 0 N–H and O–H groups in total. The van der Waals surface area contributed by atoms with Crippen LogP contribution < -0.4 is 0 Å². The summed E-state index contributed by atoms with van der Waals surface area (Å²) in [6.45, 7) is 16.5. The number of hydrogen-bond donors (Lipinski definition) is 0. The highest BCUT2D eigenvalue weighted by Crippen LogP contribution is 2.77. The average Bonchev–Trinajstić information content (AvgIpc) is 1.98. The Morgan fingerprint density at radius 1 is 1.08 bits per heavy atom. The van der Waals surface area contributed by atoms with Gasteiger partial charge in [0.2, 0.25) is 0 Å². The lowest BCUT2D eigenvalue weighted by molar-refractivity contribution is 0.307. The van der Waals surface area contributed by atoms with Crippen LogP contribution >= 0.6 is 7.92 Å². The molecule has 0 atom stereocenters. The van der Waals surface area contributed by atoms with Gasteiger partial charge in [0.25, 0.3) is 0 Å². The van der Waals surface area contributed by atoms with Gasteiger partial charge in [-0.3, -0.25) is 0 Å². The fraction of sp³-hybridized carbons (Fsp3) is 0.833. The molecule has 13 heavy (non-hydrogen) atoms. The van der Waals surface area contributed by atoms with E-state index in [2.05, 4.69) is 54.3 Å². The standard InChI is InChI=1S/C12H23P/c1-9(2)8-13-11(4,5)10(3)12(13,6)7/h8,10H,1-7H3. The van der Waals surface area contributed by atoms with Crippen molar-refractivity contribution in [3.63, 3.8) is 0 Å². The molecule has 0 radical (unpaired) electrons. The Morgan fingerprint density at radius 2 is 1.46 bits per heavy atom. The molecule has 0 aliphatic carbocycles. The van der Waals surface area contributed by atoms with Crippen molar-refractivity contribution in [3.05, 3.63) is 11.4 Å². The molecule has 0 aromatic carbocycles. The van der Waals surface area contributed by atoms with Crippen LogP contribution in [0.1, 0.15) is 48.5 Å². The van der Waals surface area contributed by atoms with Crippen LogP contribution in [0.25, 0.3) is 0 Å². The van der Waals surface area contributed by atoms with Crippen molar-refractivity contribution in [2.24, 2.45) is 5.92 Å². The highest BCUT2D eigenvalue weighted by molar-refractivity contribution is 7.65. The predicted octanol–water partition coefficient (Wildman–Crippen LogP) is 4.60. The third-order valence-corrected chi connectivity index (χ3v) is 7.78. The summed E-state index contributed by atoms with van der Waals surface area (Å²) in [6, 6.07) is 0. The van der Waals surface area contributed by atoms with Gasteiger partial charge in [0.05, 0.1) is 0 Å². The van der Waals surface area contributed by atoms with Crippen LogP contribution in [-0.2, 0) is 0 Å². The zero-order chi connectivity index (χ0) is 10.4. The second kappa shape index (κ2) is 3.09.